The summed E-state index contributed by atoms with van der Waals surface area (Å²) in [6.07, 6.45) is 6.31. The molecule has 0 bridgehead atoms. The average Bonchev–Trinajstić information content (AvgIpc) is 2.79. The van der Waals surface area contributed by atoms with Gasteiger partial charge >= 0.3 is 0 Å². The van der Waals surface area contributed by atoms with E-state index in [1.807, 2.05) is 6.07 Å². The average molecular weight is 207 g/mol. The lowest BCUT2D eigenvalue weighted by Gasteiger charge is -2.09. The van der Waals surface area contributed by atoms with Gasteiger partial charge in [0.15, 0.2) is 0 Å². The van der Waals surface area contributed by atoms with Crippen molar-refractivity contribution in [3.8, 4) is 5.88 Å². The third-order valence-corrected chi connectivity index (χ3v) is 2.82. The molecule has 0 saturated carbocycles. The van der Waals surface area contributed by atoms with E-state index in [1.54, 1.807) is 13.4 Å². The molecule has 15 heavy (non-hydrogen) atoms. The van der Waals surface area contributed by atoms with Crippen molar-refractivity contribution in [2.75, 3.05) is 13.7 Å². The highest BCUT2D eigenvalue weighted by Gasteiger charge is 2.13. The molecule has 0 radical (unpaired) electrons. The predicted octanol–water partition coefficient (Wildman–Crippen LogP) is 1.17. The summed E-state index contributed by atoms with van der Waals surface area (Å²) in [5, 5.41) is 3.48. The first-order chi connectivity index (χ1) is 7.38. The molecule has 1 aliphatic rings. The van der Waals surface area contributed by atoms with Crippen molar-refractivity contribution in [2.24, 2.45) is 0 Å². The Morgan fingerprint density at radius 1 is 1.53 bits per heavy atom. The number of aromatic nitrogens is 2. The van der Waals surface area contributed by atoms with Gasteiger partial charge in [-0.25, -0.2) is 9.97 Å². The number of nitrogens with zero attached hydrogens (tertiary/aromatic N) is 2. The number of methoxy groups -OCH3 is 1. The zero-order valence-electron chi connectivity index (χ0n) is 9.07. The summed E-state index contributed by atoms with van der Waals surface area (Å²) in [6.45, 7) is 1.16. The summed E-state index contributed by atoms with van der Waals surface area (Å²) >= 11 is 0. The van der Waals surface area contributed by atoms with Crippen LogP contribution >= 0.6 is 0 Å². The first kappa shape index (κ1) is 10.4. The molecular formula is C11H17N3O. The van der Waals surface area contributed by atoms with Crippen LogP contribution < -0.4 is 10.1 Å². The van der Waals surface area contributed by atoms with Crippen molar-refractivity contribution in [1.29, 1.82) is 0 Å². The van der Waals surface area contributed by atoms with Crippen molar-refractivity contribution in [2.45, 2.75) is 31.7 Å². The molecule has 1 unspecified atom stereocenters. The van der Waals surface area contributed by atoms with Gasteiger partial charge in [0, 0.05) is 17.8 Å². The van der Waals surface area contributed by atoms with Crippen LogP contribution in [0.4, 0.5) is 0 Å². The van der Waals surface area contributed by atoms with Gasteiger partial charge in [0.05, 0.1) is 7.11 Å². The lowest BCUT2D eigenvalue weighted by Crippen LogP contribution is -2.21. The molecule has 1 fully saturated rings. The Balaban J connectivity index is 1.86. The number of ether oxygens (including phenoxy) is 1. The second-order valence-electron chi connectivity index (χ2n) is 3.88. The molecule has 0 amide bonds. The van der Waals surface area contributed by atoms with Gasteiger partial charge < -0.3 is 10.1 Å². The van der Waals surface area contributed by atoms with Gasteiger partial charge in [-0.1, -0.05) is 0 Å². The van der Waals surface area contributed by atoms with Crippen molar-refractivity contribution >= 4 is 0 Å². The lowest BCUT2D eigenvalue weighted by molar-refractivity contribution is 0.395. The first-order valence-corrected chi connectivity index (χ1v) is 5.47. The molecule has 82 valence electrons. The highest BCUT2D eigenvalue weighted by Crippen LogP contribution is 2.13. The zero-order chi connectivity index (χ0) is 10.5. The van der Waals surface area contributed by atoms with Gasteiger partial charge in [-0.15, -0.1) is 0 Å². The zero-order valence-corrected chi connectivity index (χ0v) is 9.07. The summed E-state index contributed by atoms with van der Waals surface area (Å²) in [5.41, 5.74) is 1.07. The van der Waals surface area contributed by atoms with Crippen molar-refractivity contribution in [3.05, 3.63) is 18.1 Å². The molecule has 0 aliphatic carbocycles. The second-order valence-corrected chi connectivity index (χ2v) is 3.88. The molecule has 1 aliphatic heterocycles. The van der Waals surface area contributed by atoms with E-state index in [-0.39, 0.29) is 0 Å². The van der Waals surface area contributed by atoms with E-state index in [9.17, 15) is 0 Å². The van der Waals surface area contributed by atoms with E-state index in [2.05, 4.69) is 15.3 Å². The Kier molecular flexibility index (Phi) is 3.50. The minimum Gasteiger partial charge on any atom is -0.481 e. The molecule has 1 atom stereocenters. The monoisotopic (exact) mass is 207 g/mol. The van der Waals surface area contributed by atoms with E-state index in [1.165, 1.54) is 12.8 Å². The van der Waals surface area contributed by atoms with E-state index >= 15 is 0 Å². The number of aryl methyl sites for hydroxylation is 1. The van der Waals surface area contributed by atoms with Gasteiger partial charge in [0.25, 0.3) is 0 Å². The van der Waals surface area contributed by atoms with Crippen LogP contribution in [0, 0.1) is 0 Å². The summed E-state index contributed by atoms with van der Waals surface area (Å²) < 4.78 is 5.06. The van der Waals surface area contributed by atoms with Crippen LogP contribution in [0.25, 0.3) is 0 Å². The first-order valence-electron chi connectivity index (χ1n) is 5.47. The Hall–Kier alpha value is -1.16. The predicted molar refractivity (Wildman–Crippen MR) is 57.9 cm³/mol. The maximum Gasteiger partial charge on any atom is 0.216 e. The molecule has 2 rings (SSSR count). The molecular weight excluding hydrogens is 190 g/mol. The van der Waals surface area contributed by atoms with Crippen molar-refractivity contribution in [1.82, 2.24) is 15.3 Å². The summed E-state index contributed by atoms with van der Waals surface area (Å²) in [4.78, 5) is 8.22. The lowest BCUT2D eigenvalue weighted by atomic mass is 10.1. The quantitative estimate of drug-likeness (QED) is 0.805. The Labute approximate surface area is 90.1 Å². The third-order valence-electron chi connectivity index (χ3n) is 2.82. The Morgan fingerprint density at radius 3 is 3.20 bits per heavy atom. The van der Waals surface area contributed by atoms with Gasteiger partial charge in [-0.3, -0.25) is 0 Å². The van der Waals surface area contributed by atoms with E-state index in [0.717, 1.165) is 25.1 Å². The smallest absolute Gasteiger partial charge is 0.216 e. The van der Waals surface area contributed by atoms with Crippen molar-refractivity contribution < 1.29 is 4.74 Å². The minimum absolute atomic E-state index is 0.652. The van der Waals surface area contributed by atoms with Crippen LogP contribution in [-0.2, 0) is 6.42 Å². The fourth-order valence-electron chi connectivity index (χ4n) is 1.95. The molecule has 4 nitrogen and oxygen atoms in total. The highest BCUT2D eigenvalue weighted by atomic mass is 16.5. The third kappa shape index (κ3) is 2.89. The molecule has 1 saturated heterocycles. The minimum atomic E-state index is 0.652. The van der Waals surface area contributed by atoms with Gasteiger partial charge in [0.2, 0.25) is 5.88 Å². The summed E-state index contributed by atoms with van der Waals surface area (Å²) in [6, 6.07) is 2.58. The van der Waals surface area contributed by atoms with Crippen LogP contribution in [0.3, 0.4) is 0 Å². The van der Waals surface area contributed by atoms with E-state index in [0.29, 0.717) is 11.9 Å². The fraction of sp³-hybridized carbons (Fsp3) is 0.636. The molecule has 0 aromatic carbocycles. The van der Waals surface area contributed by atoms with Crippen LogP contribution in [0.2, 0.25) is 0 Å². The SMILES string of the molecule is COc1cc(CCC2CCCN2)ncn1. The van der Waals surface area contributed by atoms with Crippen molar-refractivity contribution in [3.63, 3.8) is 0 Å². The van der Waals surface area contributed by atoms with Gasteiger partial charge in [-0.05, 0) is 32.2 Å². The number of hydrogen-bond acceptors (Lipinski definition) is 4. The standard InChI is InChI=1S/C11H17N3O/c1-15-11-7-10(13-8-14-11)5-4-9-3-2-6-12-9/h7-9,12H,2-6H2,1H3. The number of nitrogens with one attached hydrogen (secondary N) is 1. The molecule has 4 heteroatoms. The Morgan fingerprint density at radius 2 is 2.47 bits per heavy atom. The summed E-state index contributed by atoms with van der Waals surface area (Å²) in [5.74, 6) is 0.652. The molecule has 1 aromatic rings. The molecule has 1 N–H and O–H groups in total. The Bertz CT molecular complexity index is 310. The van der Waals surface area contributed by atoms with E-state index in [4.69, 9.17) is 4.74 Å². The number of hydrogen-bond donors (Lipinski definition) is 1. The maximum absolute atomic E-state index is 5.06. The highest BCUT2D eigenvalue weighted by molar-refractivity contribution is 5.13. The van der Waals surface area contributed by atoms with Crippen LogP contribution in [0.15, 0.2) is 12.4 Å². The fourth-order valence-corrected chi connectivity index (χ4v) is 1.95. The van der Waals surface area contributed by atoms with E-state index < -0.39 is 0 Å². The molecule has 2 heterocycles. The normalized spacial score (nSPS) is 20.5. The summed E-state index contributed by atoms with van der Waals surface area (Å²) in [7, 11) is 1.63. The molecule has 1 aromatic heterocycles. The number of rotatable bonds is 4. The maximum atomic E-state index is 5.06. The molecule has 0 spiro atoms. The van der Waals surface area contributed by atoms with Crippen LogP contribution in [-0.4, -0.2) is 29.7 Å². The van der Waals surface area contributed by atoms with Crippen LogP contribution in [0.5, 0.6) is 5.88 Å². The topological polar surface area (TPSA) is 47.0 Å². The largest absolute Gasteiger partial charge is 0.481 e. The van der Waals surface area contributed by atoms with Crippen LogP contribution in [0.1, 0.15) is 25.0 Å². The second kappa shape index (κ2) is 5.07. The van der Waals surface area contributed by atoms with Gasteiger partial charge in [-0.2, -0.15) is 0 Å². The van der Waals surface area contributed by atoms with Gasteiger partial charge in [0.1, 0.15) is 6.33 Å².